The van der Waals surface area contributed by atoms with Gasteiger partial charge in [-0.3, -0.25) is 9.41 Å². The van der Waals surface area contributed by atoms with Crippen LogP contribution < -0.4 is 10.5 Å². The van der Waals surface area contributed by atoms with Gasteiger partial charge in [0.1, 0.15) is 5.75 Å². The number of hydrogen-bond donors (Lipinski definition) is 1. The van der Waals surface area contributed by atoms with Gasteiger partial charge >= 0.3 is 0 Å². The molecule has 0 fully saturated rings. The molecular weight excluding hydrogens is 260 g/mol. The van der Waals surface area contributed by atoms with E-state index in [2.05, 4.69) is 24.8 Å². The Morgan fingerprint density at radius 1 is 1.45 bits per heavy atom. The highest BCUT2D eigenvalue weighted by Crippen LogP contribution is 2.28. The minimum atomic E-state index is 0.102. The summed E-state index contributed by atoms with van der Waals surface area (Å²) in [5.41, 5.74) is 7.49. The van der Waals surface area contributed by atoms with Crippen molar-refractivity contribution in [1.82, 2.24) is 19.9 Å². The molecular formula is C12H10N6O2. The van der Waals surface area contributed by atoms with Crippen LogP contribution in [0.4, 0.5) is 5.82 Å². The summed E-state index contributed by atoms with van der Waals surface area (Å²) in [5, 5.41) is 7.27. The van der Waals surface area contributed by atoms with Crippen LogP contribution in [0.15, 0.2) is 22.8 Å². The van der Waals surface area contributed by atoms with Gasteiger partial charge in [0.15, 0.2) is 17.3 Å². The van der Waals surface area contributed by atoms with Gasteiger partial charge in [0.05, 0.1) is 18.1 Å². The van der Waals surface area contributed by atoms with E-state index >= 15 is 0 Å². The van der Waals surface area contributed by atoms with Gasteiger partial charge in [0.2, 0.25) is 0 Å². The fourth-order valence-electron chi connectivity index (χ4n) is 1.98. The molecule has 0 aliphatic heterocycles. The van der Waals surface area contributed by atoms with E-state index < -0.39 is 0 Å². The number of nitrogen functional groups attached to an aromatic ring is 1. The van der Waals surface area contributed by atoms with Crippen LogP contribution in [0, 0.1) is 6.57 Å². The van der Waals surface area contributed by atoms with Crippen molar-refractivity contribution >= 4 is 16.9 Å². The van der Waals surface area contributed by atoms with E-state index in [1.807, 2.05) is 6.07 Å². The molecule has 2 N–H and O–H groups in total. The first-order valence-electron chi connectivity index (χ1n) is 5.70. The maximum Gasteiger partial charge on any atom is 0.294 e. The van der Waals surface area contributed by atoms with E-state index in [9.17, 15) is 0 Å². The van der Waals surface area contributed by atoms with Crippen molar-refractivity contribution in [2.75, 3.05) is 12.8 Å². The van der Waals surface area contributed by atoms with Gasteiger partial charge in [-0.05, 0) is 22.4 Å². The van der Waals surface area contributed by atoms with Gasteiger partial charge in [0, 0.05) is 6.07 Å². The van der Waals surface area contributed by atoms with Gasteiger partial charge in [-0.2, -0.15) is 0 Å². The zero-order valence-corrected chi connectivity index (χ0v) is 10.6. The fourth-order valence-corrected chi connectivity index (χ4v) is 1.98. The molecule has 0 saturated heterocycles. The van der Waals surface area contributed by atoms with Crippen LogP contribution in [0.5, 0.6) is 5.75 Å². The van der Waals surface area contributed by atoms with Crippen molar-refractivity contribution in [3.8, 4) is 17.3 Å². The molecule has 2 heterocycles. The number of imidazole rings is 1. The molecule has 0 amide bonds. The minimum absolute atomic E-state index is 0.102. The molecule has 0 atom stereocenters. The number of hydrogen-bond acceptors (Lipinski definition) is 6. The maximum absolute atomic E-state index is 7.07. The number of nitrogens with zero attached hydrogens (tertiary/aromatic N) is 5. The van der Waals surface area contributed by atoms with E-state index in [4.69, 9.17) is 17.0 Å². The van der Waals surface area contributed by atoms with Crippen LogP contribution >= 0.6 is 0 Å². The number of rotatable bonds is 3. The topological polar surface area (TPSA) is 96.4 Å². The highest BCUT2D eigenvalue weighted by atomic mass is 16.6. The second kappa shape index (κ2) is 4.55. The van der Waals surface area contributed by atoms with Crippen LogP contribution in [-0.4, -0.2) is 27.0 Å². The fraction of sp³-hybridized carbons (Fsp3) is 0.167. The Morgan fingerprint density at radius 3 is 2.95 bits per heavy atom. The van der Waals surface area contributed by atoms with E-state index in [1.165, 1.54) is 0 Å². The van der Waals surface area contributed by atoms with Crippen LogP contribution in [0.25, 0.3) is 27.4 Å². The molecule has 0 aliphatic carbocycles. The molecule has 0 unspecified atom stereocenters. The third-order valence-electron chi connectivity index (χ3n) is 2.89. The lowest BCUT2D eigenvalue weighted by Gasteiger charge is -2.00. The molecule has 0 spiro atoms. The monoisotopic (exact) mass is 270 g/mol. The molecule has 1 aromatic carbocycles. The molecule has 3 rings (SSSR count). The molecule has 3 aromatic rings. The highest BCUT2D eigenvalue weighted by molar-refractivity contribution is 5.82. The Hall–Kier alpha value is -3.08. The number of fused-ring (bicyclic) bond motifs is 1. The van der Waals surface area contributed by atoms with Gasteiger partial charge in [0.25, 0.3) is 6.67 Å². The zero-order chi connectivity index (χ0) is 14.1. The van der Waals surface area contributed by atoms with Crippen LogP contribution in [-0.2, 0) is 6.67 Å². The Morgan fingerprint density at radius 2 is 2.30 bits per heavy atom. The number of ether oxygens (including phenoxy) is 1. The van der Waals surface area contributed by atoms with E-state index in [-0.39, 0.29) is 12.5 Å². The first-order chi connectivity index (χ1) is 9.74. The van der Waals surface area contributed by atoms with Gasteiger partial charge < -0.3 is 10.5 Å². The van der Waals surface area contributed by atoms with Crippen LogP contribution in [0.2, 0.25) is 0 Å². The summed E-state index contributed by atoms with van der Waals surface area (Å²) in [6.45, 7) is 7.17. The largest absolute Gasteiger partial charge is 0.497 e. The summed E-state index contributed by atoms with van der Waals surface area (Å²) in [6.07, 6.45) is 0. The van der Waals surface area contributed by atoms with Crippen molar-refractivity contribution < 1.29 is 9.37 Å². The predicted molar refractivity (Wildman–Crippen MR) is 70.6 cm³/mol. The van der Waals surface area contributed by atoms with Crippen LogP contribution in [0.1, 0.15) is 0 Å². The summed E-state index contributed by atoms with van der Waals surface area (Å²) in [6, 6.07) is 5.42. The number of anilines is 1. The second-order valence-electron chi connectivity index (χ2n) is 4.02. The number of benzene rings is 1. The molecule has 20 heavy (non-hydrogen) atoms. The molecule has 100 valence electrons. The normalized spacial score (nSPS) is 10.6. The average molecular weight is 270 g/mol. The van der Waals surface area contributed by atoms with E-state index in [1.54, 1.807) is 23.8 Å². The predicted octanol–water partition coefficient (Wildman–Crippen LogP) is 1.55. The Bertz CT molecular complexity index is 813. The van der Waals surface area contributed by atoms with Gasteiger partial charge in [-0.1, -0.05) is 0 Å². The SMILES string of the molecule is [C-]#[N+]Cn1c(-c2nonc2N)nc2cc(OC)ccc21. The van der Waals surface area contributed by atoms with Crippen molar-refractivity contribution in [2.24, 2.45) is 0 Å². The number of methoxy groups -OCH3 is 1. The Kier molecular flexibility index (Phi) is 2.72. The maximum atomic E-state index is 7.07. The number of nitrogens with two attached hydrogens (primary N) is 1. The van der Waals surface area contributed by atoms with Crippen molar-refractivity contribution in [3.05, 3.63) is 29.6 Å². The van der Waals surface area contributed by atoms with Crippen molar-refractivity contribution in [1.29, 1.82) is 0 Å². The first-order valence-corrected chi connectivity index (χ1v) is 5.70. The Labute approximate surface area is 113 Å². The lowest BCUT2D eigenvalue weighted by Crippen LogP contribution is -1.99. The van der Waals surface area contributed by atoms with Crippen LogP contribution in [0.3, 0.4) is 0 Å². The van der Waals surface area contributed by atoms with E-state index in [0.717, 1.165) is 5.52 Å². The van der Waals surface area contributed by atoms with Crippen molar-refractivity contribution in [3.63, 3.8) is 0 Å². The summed E-state index contributed by atoms with van der Waals surface area (Å²) in [7, 11) is 1.58. The molecule has 0 aliphatic rings. The molecule has 0 bridgehead atoms. The molecule has 0 radical (unpaired) electrons. The zero-order valence-electron chi connectivity index (χ0n) is 10.6. The first kappa shape index (κ1) is 12.0. The summed E-state index contributed by atoms with van der Waals surface area (Å²) >= 11 is 0. The van der Waals surface area contributed by atoms with Gasteiger partial charge in [-0.15, -0.1) is 0 Å². The number of aromatic nitrogens is 4. The quantitative estimate of drug-likeness (QED) is 0.725. The summed E-state index contributed by atoms with van der Waals surface area (Å²) in [5.74, 6) is 1.27. The minimum Gasteiger partial charge on any atom is -0.497 e. The third kappa shape index (κ3) is 1.73. The standard InChI is InChI=1S/C12H10N6O2/c1-14-6-18-9-4-3-7(19-2)5-8(9)15-12(18)10-11(13)17-20-16-10/h3-5H,6H2,2H3,(H2,13,17). The molecule has 8 heteroatoms. The second-order valence-corrected chi connectivity index (χ2v) is 4.02. The lowest BCUT2D eigenvalue weighted by molar-refractivity contribution is 0.310. The average Bonchev–Trinajstić information content (AvgIpc) is 3.02. The lowest BCUT2D eigenvalue weighted by atomic mass is 10.3. The van der Waals surface area contributed by atoms with Gasteiger partial charge in [-0.25, -0.2) is 16.2 Å². The summed E-state index contributed by atoms with van der Waals surface area (Å²) < 4.78 is 11.5. The Balaban J connectivity index is 2.28. The van der Waals surface area contributed by atoms with E-state index in [0.29, 0.717) is 22.8 Å². The molecule has 0 saturated carbocycles. The molecule has 2 aromatic heterocycles. The molecule has 8 nitrogen and oxygen atoms in total. The summed E-state index contributed by atoms with van der Waals surface area (Å²) in [4.78, 5) is 7.83. The smallest absolute Gasteiger partial charge is 0.294 e. The third-order valence-corrected chi connectivity index (χ3v) is 2.89. The van der Waals surface area contributed by atoms with Crippen molar-refractivity contribution in [2.45, 2.75) is 6.67 Å². The highest BCUT2D eigenvalue weighted by Gasteiger charge is 2.20.